The van der Waals surface area contributed by atoms with E-state index in [-0.39, 0.29) is 5.56 Å². The molecule has 1 aliphatic heterocycles. The minimum absolute atomic E-state index is 0.383. The number of nitrogens with zero attached hydrogens (tertiary/aromatic N) is 4. The lowest BCUT2D eigenvalue weighted by molar-refractivity contribution is -0.880. The van der Waals surface area contributed by atoms with Gasteiger partial charge < -0.3 is 14.4 Å². The Morgan fingerprint density at radius 1 is 1.30 bits per heavy atom. The summed E-state index contributed by atoms with van der Waals surface area (Å²) in [4.78, 5) is 34.8. The van der Waals surface area contributed by atoms with E-state index in [1.807, 2.05) is 23.6 Å². The van der Waals surface area contributed by atoms with Crippen molar-refractivity contribution in [1.29, 1.82) is 0 Å². The fraction of sp³-hybridized carbons (Fsp3) is 0.533. The molecule has 0 spiro atoms. The first kappa shape index (κ1) is 15.5. The molecule has 8 heteroatoms. The van der Waals surface area contributed by atoms with Crippen molar-refractivity contribution in [2.45, 2.75) is 13.5 Å². The summed E-state index contributed by atoms with van der Waals surface area (Å²) >= 11 is 0. The van der Waals surface area contributed by atoms with Crippen LogP contribution in [0.3, 0.4) is 0 Å². The molecule has 1 fully saturated rings. The fourth-order valence-electron chi connectivity index (χ4n) is 2.94. The van der Waals surface area contributed by atoms with Gasteiger partial charge in [0.1, 0.15) is 0 Å². The van der Waals surface area contributed by atoms with Crippen LogP contribution in [0.2, 0.25) is 0 Å². The Balaban J connectivity index is 2.20. The van der Waals surface area contributed by atoms with Crippen LogP contribution in [0.4, 0.5) is 5.95 Å². The normalized spacial score (nSPS) is 16.7. The predicted molar refractivity (Wildman–Crippen MR) is 89.2 cm³/mol. The highest BCUT2D eigenvalue weighted by Crippen LogP contribution is 2.19. The van der Waals surface area contributed by atoms with Crippen LogP contribution in [0.1, 0.15) is 6.92 Å². The van der Waals surface area contributed by atoms with Gasteiger partial charge in [-0.1, -0.05) is 12.2 Å². The van der Waals surface area contributed by atoms with Crippen molar-refractivity contribution in [1.82, 2.24) is 19.1 Å². The molecule has 1 aliphatic rings. The number of piperazine rings is 1. The number of hydrogen-bond donors (Lipinski definition) is 2. The Kier molecular flexibility index (Phi) is 4.08. The molecule has 3 heterocycles. The second kappa shape index (κ2) is 6.04. The molecule has 0 saturated carbocycles. The Labute approximate surface area is 133 Å². The number of anilines is 1. The molecule has 0 aliphatic carbocycles. The van der Waals surface area contributed by atoms with Gasteiger partial charge in [0, 0.05) is 13.6 Å². The van der Waals surface area contributed by atoms with E-state index in [4.69, 9.17) is 0 Å². The number of allylic oxidation sites excluding steroid dienone is 2. The Hall–Kier alpha value is -2.35. The first-order chi connectivity index (χ1) is 11.0. The van der Waals surface area contributed by atoms with Gasteiger partial charge in [-0.25, -0.2) is 4.79 Å². The highest BCUT2D eigenvalue weighted by Gasteiger charge is 2.24. The van der Waals surface area contributed by atoms with E-state index in [1.165, 1.54) is 9.47 Å². The SMILES string of the molecule is C/C=C/Cn1c(N2CC[NH+](C)CC2)nc2c1c(=O)[nH]c(=O)n2C. The maximum atomic E-state index is 12.3. The monoisotopic (exact) mass is 319 g/mol. The number of aromatic amines is 1. The second-order valence-corrected chi connectivity index (χ2v) is 6.03. The molecule has 0 bridgehead atoms. The molecule has 0 amide bonds. The summed E-state index contributed by atoms with van der Waals surface area (Å²) in [6.07, 6.45) is 3.93. The number of H-pyrrole nitrogens is 1. The molecule has 2 aromatic rings. The molecule has 8 nitrogen and oxygen atoms in total. The number of nitrogens with one attached hydrogen (secondary N) is 2. The average molecular weight is 319 g/mol. The zero-order chi connectivity index (χ0) is 16.6. The van der Waals surface area contributed by atoms with Crippen molar-refractivity contribution in [2.24, 2.45) is 7.05 Å². The van der Waals surface area contributed by atoms with Gasteiger partial charge in [-0.3, -0.25) is 14.3 Å². The summed E-state index contributed by atoms with van der Waals surface area (Å²) in [5.74, 6) is 0.761. The Morgan fingerprint density at radius 2 is 2.00 bits per heavy atom. The van der Waals surface area contributed by atoms with Crippen LogP contribution >= 0.6 is 0 Å². The number of likely N-dealkylation sites (N-methyl/N-ethyl adjacent to an activating group) is 1. The maximum absolute atomic E-state index is 12.3. The van der Waals surface area contributed by atoms with E-state index in [0.717, 1.165) is 32.1 Å². The van der Waals surface area contributed by atoms with Gasteiger partial charge in [0.05, 0.1) is 33.2 Å². The molecule has 0 aromatic carbocycles. The summed E-state index contributed by atoms with van der Waals surface area (Å²) < 4.78 is 3.29. The number of quaternary nitrogens is 1. The van der Waals surface area contributed by atoms with E-state index >= 15 is 0 Å². The van der Waals surface area contributed by atoms with Crippen LogP contribution in [-0.4, -0.2) is 52.3 Å². The molecular weight excluding hydrogens is 296 g/mol. The van der Waals surface area contributed by atoms with Crippen LogP contribution < -0.4 is 21.0 Å². The van der Waals surface area contributed by atoms with Gasteiger partial charge in [-0.15, -0.1) is 0 Å². The van der Waals surface area contributed by atoms with Crippen LogP contribution in [0, 0.1) is 0 Å². The molecule has 0 radical (unpaired) electrons. The number of imidazole rings is 1. The molecule has 1 saturated heterocycles. The Morgan fingerprint density at radius 3 is 2.65 bits per heavy atom. The van der Waals surface area contributed by atoms with E-state index in [0.29, 0.717) is 17.7 Å². The lowest BCUT2D eigenvalue weighted by atomic mass is 10.3. The molecule has 23 heavy (non-hydrogen) atoms. The largest absolute Gasteiger partial charge is 0.334 e. The van der Waals surface area contributed by atoms with Crippen molar-refractivity contribution < 1.29 is 4.90 Å². The quantitative estimate of drug-likeness (QED) is 0.663. The minimum atomic E-state index is -0.437. The van der Waals surface area contributed by atoms with Gasteiger partial charge in [0.25, 0.3) is 5.56 Å². The summed E-state index contributed by atoms with van der Waals surface area (Å²) in [5, 5.41) is 0. The fourth-order valence-corrected chi connectivity index (χ4v) is 2.94. The van der Waals surface area contributed by atoms with E-state index in [2.05, 4.69) is 21.9 Å². The molecule has 0 atom stereocenters. The number of hydrogen-bond acceptors (Lipinski definition) is 4. The topological polar surface area (TPSA) is 80.4 Å². The summed E-state index contributed by atoms with van der Waals surface area (Å²) in [6.45, 7) is 6.33. The van der Waals surface area contributed by atoms with Crippen molar-refractivity contribution >= 4 is 17.1 Å². The Bertz CT molecular complexity index is 851. The highest BCUT2D eigenvalue weighted by molar-refractivity contribution is 5.74. The van der Waals surface area contributed by atoms with Gasteiger partial charge in [-0.05, 0) is 6.92 Å². The molecule has 0 unspecified atom stereocenters. The van der Waals surface area contributed by atoms with Gasteiger partial charge in [0.15, 0.2) is 11.2 Å². The van der Waals surface area contributed by atoms with E-state index < -0.39 is 5.69 Å². The molecular formula is C15H23N6O2+. The third-order valence-electron chi connectivity index (χ3n) is 4.41. The third kappa shape index (κ3) is 2.70. The van der Waals surface area contributed by atoms with E-state index in [9.17, 15) is 9.59 Å². The first-order valence-corrected chi connectivity index (χ1v) is 7.90. The van der Waals surface area contributed by atoms with Crippen molar-refractivity contribution in [3.8, 4) is 0 Å². The lowest BCUT2D eigenvalue weighted by Crippen LogP contribution is -3.12. The predicted octanol–water partition coefficient (Wildman–Crippen LogP) is -1.67. The molecule has 2 aromatic heterocycles. The molecule has 2 N–H and O–H groups in total. The van der Waals surface area contributed by atoms with Gasteiger partial charge >= 0.3 is 5.69 Å². The zero-order valence-corrected chi connectivity index (χ0v) is 13.8. The minimum Gasteiger partial charge on any atom is -0.334 e. The first-order valence-electron chi connectivity index (χ1n) is 7.90. The van der Waals surface area contributed by atoms with Gasteiger partial charge in [0.2, 0.25) is 5.95 Å². The lowest BCUT2D eigenvalue weighted by Gasteiger charge is -2.30. The summed E-state index contributed by atoms with van der Waals surface area (Å²) in [7, 11) is 3.81. The molecule has 3 rings (SSSR count). The number of aryl methyl sites for hydroxylation is 1. The maximum Gasteiger partial charge on any atom is 0.329 e. The summed E-state index contributed by atoms with van der Waals surface area (Å²) in [6, 6.07) is 0. The molecule has 124 valence electrons. The van der Waals surface area contributed by atoms with Crippen LogP contribution in [0.15, 0.2) is 21.7 Å². The standard InChI is InChI=1S/C15H22N6O2/c1-4-5-6-21-11-12(19(3)15(23)17-13(11)22)16-14(21)20-9-7-18(2)8-10-20/h4-5H,6-10H2,1-3H3,(H,17,22,23)/p+1/b5-4+. The number of fused-ring (bicyclic) bond motifs is 1. The smallest absolute Gasteiger partial charge is 0.329 e. The third-order valence-corrected chi connectivity index (χ3v) is 4.41. The number of aromatic nitrogens is 4. The van der Waals surface area contributed by atoms with Crippen molar-refractivity contribution in [3.63, 3.8) is 0 Å². The van der Waals surface area contributed by atoms with Crippen molar-refractivity contribution in [3.05, 3.63) is 33.0 Å². The van der Waals surface area contributed by atoms with Gasteiger partial charge in [-0.2, -0.15) is 4.98 Å². The average Bonchev–Trinajstić information content (AvgIpc) is 2.91. The second-order valence-electron chi connectivity index (χ2n) is 6.03. The zero-order valence-electron chi connectivity index (χ0n) is 13.8. The van der Waals surface area contributed by atoms with Crippen LogP contribution in [0.25, 0.3) is 11.2 Å². The van der Waals surface area contributed by atoms with Crippen molar-refractivity contribution in [2.75, 3.05) is 38.1 Å². The highest BCUT2D eigenvalue weighted by atomic mass is 16.2. The summed E-state index contributed by atoms with van der Waals surface area (Å²) in [5.41, 5.74) is 0.0645. The van der Waals surface area contributed by atoms with Crippen LogP contribution in [0.5, 0.6) is 0 Å². The van der Waals surface area contributed by atoms with Crippen LogP contribution in [-0.2, 0) is 13.6 Å². The van der Waals surface area contributed by atoms with E-state index in [1.54, 1.807) is 7.05 Å². The number of rotatable bonds is 3.